The molecule has 2 aromatic carbocycles. The fourth-order valence-electron chi connectivity index (χ4n) is 2.17. The molecule has 3 N–H and O–H groups in total. The molecule has 0 saturated carbocycles. The molecule has 28 heavy (non-hydrogen) atoms. The normalized spacial score (nSPS) is 10.7. The number of benzene rings is 2. The standard InChI is InChI=1S/C19H19BrClN3O4/c1-3-28-16-7-12(6-14(20)19(16)27)10-22-24-18(26)9-17(25)23-13-5-4-11(2)15(21)8-13/h4-8,10,27H,3,9H2,1-2H3,(H,23,25)(H,24,26). The van der Waals surface area contributed by atoms with E-state index in [1.807, 2.05) is 6.92 Å². The van der Waals surface area contributed by atoms with Gasteiger partial charge in [-0.15, -0.1) is 0 Å². The third kappa shape index (κ3) is 6.24. The number of nitrogens with zero attached hydrogens (tertiary/aromatic N) is 1. The summed E-state index contributed by atoms with van der Waals surface area (Å²) in [5.74, 6) is -0.787. The third-order valence-electron chi connectivity index (χ3n) is 3.53. The molecular weight excluding hydrogens is 450 g/mol. The van der Waals surface area contributed by atoms with Gasteiger partial charge in [0, 0.05) is 10.7 Å². The van der Waals surface area contributed by atoms with E-state index in [0.29, 0.717) is 33.1 Å². The van der Waals surface area contributed by atoms with Crippen LogP contribution in [0.1, 0.15) is 24.5 Å². The van der Waals surface area contributed by atoms with Gasteiger partial charge in [0.15, 0.2) is 11.5 Å². The summed E-state index contributed by atoms with van der Waals surface area (Å²) in [6.07, 6.45) is 0.981. The Kier molecular flexibility index (Phi) is 7.83. The van der Waals surface area contributed by atoms with E-state index in [4.69, 9.17) is 16.3 Å². The van der Waals surface area contributed by atoms with Crippen LogP contribution in [0.3, 0.4) is 0 Å². The maximum atomic E-state index is 11.9. The number of phenolic OH excluding ortho intramolecular Hbond substituents is 1. The molecule has 7 nitrogen and oxygen atoms in total. The average Bonchev–Trinajstić information content (AvgIpc) is 2.62. The fraction of sp³-hybridized carbons (Fsp3) is 0.211. The van der Waals surface area contributed by atoms with Crippen LogP contribution < -0.4 is 15.5 Å². The lowest BCUT2D eigenvalue weighted by molar-refractivity contribution is -0.126. The Morgan fingerprint density at radius 3 is 2.71 bits per heavy atom. The molecule has 0 heterocycles. The number of ether oxygens (including phenoxy) is 1. The number of halogens is 2. The molecule has 2 amide bonds. The van der Waals surface area contributed by atoms with Crippen LogP contribution in [-0.4, -0.2) is 29.7 Å². The lowest BCUT2D eigenvalue weighted by Crippen LogP contribution is -2.24. The number of rotatable bonds is 7. The summed E-state index contributed by atoms with van der Waals surface area (Å²) < 4.78 is 5.75. The Morgan fingerprint density at radius 1 is 1.29 bits per heavy atom. The number of aryl methyl sites for hydroxylation is 1. The predicted octanol–water partition coefficient (Wildman–Crippen LogP) is 3.99. The van der Waals surface area contributed by atoms with Gasteiger partial charge in [0.25, 0.3) is 0 Å². The molecule has 0 fully saturated rings. The SMILES string of the molecule is CCOc1cc(C=NNC(=O)CC(=O)Nc2ccc(C)c(Cl)c2)cc(Br)c1O. The lowest BCUT2D eigenvalue weighted by atomic mass is 10.2. The number of amides is 2. The van der Waals surface area contributed by atoms with Crippen molar-refractivity contribution in [3.8, 4) is 11.5 Å². The smallest absolute Gasteiger partial charge is 0.249 e. The molecule has 0 unspecified atom stereocenters. The molecule has 0 aromatic heterocycles. The zero-order valence-corrected chi connectivity index (χ0v) is 17.6. The summed E-state index contributed by atoms with van der Waals surface area (Å²) in [4.78, 5) is 23.8. The molecule has 0 radical (unpaired) electrons. The fourth-order valence-corrected chi connectivity index (χ4v) is 2.81. The number of carbonyl (C=O) groups excluding carboxylic acids is 2. The van der Waals surface area contributed by atoms with Gasteiger partial charge in [-0.3, -0.25) is 9.59 Å². The number of aromatic hydroxyl groups is 1. The third-order valence-corrected chi connectivity index (χ3v) is 4.54. The number of hydrazone groups is 1. The van der Waals surface area contributed by atoms with Crippen LogP contribution in [0.5, 0.6) is 11.5 Å². The van der Waals surface area contributed by atoms with E-state index in [1.54, 1.807) is 37.3 Å². The van der Waals surface area contributed by atoms with Crippen LogP contribution in [0.25, 0.3) is 0 Å². The van der Waals surface area contributed by atoms with E-state index < -0.39 is 18.2 Å². The first-order valence-corrected chi connectivity index (χ1v) is 9.50. The van der Waals surface area contributed by atoms with Gasteiger partial charge in [-0.25, -0.2) is 5.43 Å². The van der Waals surface area contributed by atoms with Gasteiger partial charge in [0.2, 0.25) is 11.8 Å². The summed E-state index contributed by atoms with van der Waals surface area (Å²) in [5, 5.41) is 16.8. The first-order chi connectivity index (χ1) is 13.3. The van der Waals surface area contributed by atoms with E-state index in [2.05, 4.69) is 31.8 Å². The second-order valence-corrected chi connectivity index (χ2v) is 7.03. The molecule has 0 aliphatic carbocycles. The first kappa shape index (κ1) is 21.7. The molecule has 148 valence electrons. The number of phenols is 1. The first-order valence-electron chi connectivity index (χ1n) is 8.33. The van der Waals surface area contributed by atoms with E-state index >= 15 is 0 Å². The Labute approximate surface area is 175 Å². The number of nitrogens with one attached hydrogen (secondary N) is 2. The summed E-state index contributed by atoms with van der Waals surface area (Å²) >= 11 is 9.22. The molecule has 2 aromatic rings. The molecule has 9 heteroatoms. The maximum Gasteiger partial charge on any atom is 0.249 e. The Balaban J connectivity index is 1.91. The van der Waals surface area contributed by atoms with Crippen molar-refractivity contribution in [1.82, 2.24) is 5.43 Å². The minimum Gasteiger partial charge on any atom is -0.503 e. The Morgan fingerprint density at radius 2 is 2.04 bits per heavy atom. The van der Waals surface area contributed by atoms with Crippen LogP contribution in [0.4, 0.5) is 5.69 Å². The quantitative estimate of drug-likeness (QED) is 0.325. The summed E-state index contributed by atoms with van der Waals surface area (Å²) in [7, 11) is 0. The van der Waals surface area contributed by atoms with Crippen molar-refractivity contribution < 1.29 is 19.4 Å². The topological polar surface area (TPSA) is 100 Å². The molecule has 2 rings (SSSR count). The van der Waals surface area contributed by atoms with Crippen molar-refractivity contribution in [2.45, 2.75) is 20.3 Å². The van der Waals surface area contributed by atoms with Crippen LogP contribution in [0.15, 0.2) is 39.9 Å². The van der Waals surface area contributed by atoms with Crippen LogP contribution in [0.2, 0.25) is 5.02 Å². The monoisotopic (exact) mass is 467 g/mol. The van der Waals surface area contributed by atoms with E-state index in [0.717, 1.165) is 5.56 Å². The molecule has 0 saturated heterocycles. The molecule has 0 aliphatic heterocycles. The zero-order chi connectivity index (χ0) is 20.7. The second kappa shape index (κ2) is 10.1. The highest BCUT2D eigenvalue weighted by atomic mass is 79.9. The Bertz CT molecular complexity index is 918. The van der Waals surface area contributed by atoms with Crippen molar-refractivity contribution in [3.05, 3.63) is 51.0 Å². The van der Waals surface area contributed by atoms with Crippen molar-refractivity contribution in [1.29, 1.82) is 0 Å². The molecular formula is C19H19BrClN3O4. The van der Waals surface area contributed by atoms with Gasteiger partial charge in [-0.05, 0) is 65.2 Å². The van der Waals surface area contributed by atoms with E-state index in [1.165, 1.54) is 6.21 Å². The molecule has 0 spiro atoms. The highest BCUT2D eigenvalue weighted by Crippen LogP contribution is 2.35. The Hall–Kier alpha value is -2.58. The zero-order valence-electron chi connectivity index (χ0n) is 15.3. The van der Waals surface area contributed by atoms with Crippen molar-refractivity contribution in [2.24, 2.45) is 5.10 Å². The van der Waals surface area contributed by atoms with Crippen LogP contribution in [-0.2, 0) is 9.59 Å². The number of hydrogen-bond acceptors (Lipinski definition) is 5. The van der Waals surface area contributed by atoms with Crippen molar-refractivity contribution >= 4 is 51.2 Å². The van der Waals surface area contributed by atoms with Gasteiger partial charge in [-0.1, -0.05) is 17.7 Å². The van der Waals surface area contributed by atoms with Crippen molar-refractivity contribution in [3.63, 3.8) is 0 Å². The largest absolute Gasteiger partial charge is 0.503 e. The second-order valence-electron chi connectivity index (χ2n) is 5.76. The molecule has 0 atom stereocenters. The lowest BCUT2D eigenvalue weighted by Gasteiger charge is -2.08. The highest BCUT2D eigenvalue weighted by molar-refractivity contribution is 9.10. The summed E-state index contributed by atoms with van der Waals surface area (Å²) in [6, 6.07) is 8.28. The molecule has 0 aliphatic rings. The number of carbonyl (C=O) groups is 2. The number of anilines is 1. The predicted molar refractivity (Wildman–Crippen MR) is 112 cm³/mol. The highest BCUT2D eigenvalue weighted by Gasteiger charge is 2.11. The summed E-state index contributed by atoms with van der Waals surface area (Å²) in [5.41, 5.74) is 4.27. The average molecular weight is 469 g/mol. The van der Waals surface area contributed by atoms with Crippen LogP contribution in [0, 0.1) is 6.92 Å². The van der Waals surface area contributed by atoms with E-state index in [-0.39, 0.29) is 5.75 Å². The van der Waals surface area contributed by atoms with E-state index in [9.17, 15) is 14.7 Å². The molecule has 0 bridgehead atoms. The minimum absolute atomic E-state index is 0.0177. The summed E-state index contributed by atoms with van der Waals surface area (Å²) in [6.45, 7) is 4.03. The van der Waals surface area contributed by atoms with Gasteiger partial charge < -0.3 is 15.2 Å². The maximum absolute atomic E-state index is 11.9. The van der Waals surface area contributed by atoms with Gasteiger partial charge in [0.05, 0.1) is 17.3 Å². The minimum atomic E-state index is -0.574. The van der Waals surface area contributed by atoms with Crippen LogP contribution >= 0.6 is 27.5 Å². The van der Waals surface area contributed by atoms with Gasteiger partial charge in [0.1, 0.15) is 6.42 Å². The number of hydrogen-bond donors (Lipinski definition) is 3. The van der Waals surface area contributed by atoms with Gasteiger partial charge >= 0.3 is 0 Å². The van der Waals surface area contributed by atoms with Crippen molar-refractivity contribution in [2.75, 3.05) is 11.9 Å². The van der Waals surface area contributed by atoms with Gasteiger partial charge in [-0.2, -0.15) is 5.10 Å².